The van der Waals surface area contributed by atoms with E-state index in [0.717, 1.165) is 30.8 Å². The van der Waals surface area contributed by atoms with Crippen molar-refractivity contribution in [3.05, 3.63) is 24.3 Å². The van der Waals surface area contributed by atoms with E-state index in [4.69, 9.17) is 4.74 Å². The van der Waals surface area contributed by atoms with Crippen LogP contribution in [0.3, 0.4) is 0 Å². The molecule has 1 saturated carbocycles. The molecule has 0 atom stereocenters. The number of nitrogens with one attached hydrogen (secondary N) is 3. The SMILES string of the molecule is CCOC1CC(Nc2ccc(NC(=O)NC)cc2)C1. The number of urea groups is 1. The van der Waals surface area contributed by atoms with Gasteiger partial charge in [-0.3, -0.25) is 0 Å². The van der Waals surface area contributed by atoms with Gasteiger partial charge in [-0.25, -0.2) is 4.79 Å². The topological polar surface area (TPSA) is 62.4 Å². The van der Waals surface area contributed by atoms with E-state index in [9.17, 15) is 4.79 Å². The predicted molar refractivity (Wildman–Crippen MR) is 76.6 cm³/mol. The van der Waals surface area contributed by atoms with Crippen molar-refractivity contribution in [2.45, 2.75) is 31.9 Å². The second-order valence-electron chi connectivity index (χ2n) is 4.67. The van der Waals surface area contributed by atoms with Gasteiger partial charge in [0.1, 0.15) is 0 Å². The third-order valence-electron chi connectivity index (χ3n) is 3.24. The molecule has 1 aromatic rings. The minimum atomic E-state index is -0.209. The van der Waals surface area contributed by atoms with Crippen molar-refractivity contribution in [2.24, 2.45) is 0 Å². The standard InChI is InChI=1S/C14H21N3O2/c1-3-19-13-8-12(9-13)16-10-4-6-11(7-5-10)17-14(18)15-2/h4-7,12-13,16H,3,8-9H2,1-2H3,(H2,15,17,18). The molecule has 0 saturated heterocycles. The van der Waals surface area contributed by atoms with Crippen molar-refractivity contribution in [3.63, 3.8) is 0 Å². The summed E-state index contributed by atoms with van der Waals surface area (Å²) in [5.74, 6) is 0. The number of ether oxygens (including phenoxy) is 1. The summed E-state index contributed by atoms with van der Waals surface area (Å²) in [5, 5.41) is 8.69. The summed E-state index contributed by atoms with van der Waals surface area (Å²) in [4.78, 5) is 11.1. The lowest BCUT2D eigenvalue weighted by Gasteiger charge is -2.36. The molecule has 0 aromatic heterocycles. The van der Waals surface area contributed by atoms with E-state index in [1.165, 1.54) is 0 Å². The predicted octanol–water partition coefficient (Wildman–Crippen LogP) is 2.42. The number of hydrogen-bond acceptors (Lipinski definition) is 3. The highest BCUT2D eigenvalue weighted by atomic mass is 16.5. The zero-order valence-corrected chi connectivity index (χ0v) is 11.4. The van der Waals surface area contributed by atoms with Gasteiger partial charge in [-0.2, -0.15) is 0 Å². The summed E-state index contributed by atoms with van der Waals surface area (Å²) >= 11 is 0. The van der Waals surface area contributed by atoms with Crippen molar-refractivity contribution < 1.29 is 9.53 Å². The van der Waals surface area contributed by atoms with Crippen LogP contribution in [-0.4, -0.2) is 31.8 Å². The van der Waals surface area contributed by atoms with E-state index < -0.39 is 0 Å². The summed E-state index contributed by atoms with van der Waals surface area (Å²) in [6.45, 7) is 2.82. The lowest BCUT2D eigenvalue weighted by Crippen LogP contribution is -2.40. The van der Waals surface area contributed by atoms with Gasteiger partial charge in [0, 0.05) is 31.1 Å². The molecule has 1 aliphatic rings. The van der Waals surface area contributed by atoms with Crippen molar-refractivity contribution in [1.29, 1.82) is 0 Å². The van der Waals surface area contributed by atoms with Gasteiger partial charge in [0.05, 0.1) is 6.10 Å². The van der Waals surface area contributed by atoms with Crippen LogP contribution in [0.5, 0.6) is 0 Å². The second kappa shape index (κ2) is 6.43. The van der Waals surface area contributed by atoms with Crippen LogP contribution in [0.4, 0.5) is 16.2 Å². The van der Waals surface area contributed by atoms with Gasteiger partial charge >= 0.3 is 6.03 Å². The third-order valence-corrected chi connectivity index (χ3v) is 3.24. The van der Waals surface area contributed by atoms with Gasteiger partial charge < -0.3 is 20.7 Å². The highest BCUT2D eigenvalue weighted by Crippen LogP contribution is 2.27. The molecule has 2 amide bonds. The summed E-state index contributed by atoms with van der Waals surface area (Å²) in [6.07, 6.45) is 2.54. The zero-order valence-electron chi connectivity index (χ0n) is 11.4. The number of amides is 2. The Morgan fingerprint density at radius 2 is 1.89 bits per heavy atom. The molecule has 19 heavy (non-hydrogen) atoms. The van der Waals surface area contributed by atoms with Gasteiger partial charge in [-0.05, 0) is 44.0 Å². The van der Waals surface area contributed by atoms with E-state index in [-0.39, 0.29) is 6.03 Å². The number of carbonyl (C=O) groups is 1. The number of carbonyl (C=O) groups excluding carboxylic acids is 1. The summed E-state index contributed by atoms with van der Waals surface area (Å²) in [6, 6.07) is 8.00. The van der Waals surface area contributed by atoms with Crippen LogP contribution in [0.1, 0.15) is 19.8 Å². The maximum Gasteiger partial charge on any atom is 0.318 e. The highest BCUT2D eigenvalue weighted by Gasteiger charge is 2.29. The zero-order chi connectivity index (χ0) is 13.7. The molecule has 1 aliphatic carbocycles. The maximum absolute atomic E-state index is 11.1. The van der Waals surface area contributed by atoms with Crippen LogP contribution in [0.2, 0.25) is 0 Å². The number of hydrogen-bond donors (Lipinski definition) is 3. The minimum Gasteiger partial charge on any atom is -0.382 e. The quantitative estimate of drug-likeness (QED) is 0.764. The number of rotatable bonds is 5. The molecule has 1 fully saturated rings. The monoisotopic (exact) mass is 263 g/mol. The Morgan fingerprint density at radius 1 is 1.26 bits per heavy atom. The Kier molecular flexibility index (Phi) is 4.63. The fourth-order valence-corrected chi connectivity index (χ4v) is 2.13. The Bertz CT molecular complexity index is 413. The average Bonchev–Trinajstić information content (AvgIpc) is 2.38. The first-order chi connectivity index (χ1) is 9.21. The molecule has 2 rings (SSSR count). The fraction of sp³-hybridized carbons (Fsp3) is 0.500. The van der Waals surface area contributed by atoms with Gasteiger partial charge in [0.2, 0.25) is 0 Å². The molecule has 1 aromatic carbocycles. The average molecular weight is 263 g/mol. The van der Waals surface area contributed by atoms with Crippen LogP contribution >= 0.6 is 0 Å². The molecule has 0 bridgehead atoms. The molecule has 5 nitrogen and oxygen atoms in total. The van der Waals surface area contributed by atoms with Crippen molar-refractivity contribution in [2.75, 3.05) is 24.3 Å². The maximum atomic E-state index is 11.1. The van der Waals surface area contributed by atoms with Crippen molar-refractivity contribution in [3.8, 4) is 0 Å². The largest absolute Gasteiger partial charge is 0.382 e. The Labute approximate surface area is 113 Å². The first-order valence-corrected chi connectivity index (χ1v) is 6.68. The molecular weight excluding hydrogens is 242 g/mol. The molecule has 3 N–H and O–H groups in total. The smallest absolute Gasteiger partial charge is 0.318 e. The molecule has 5 heteroatoms. The van der Waals surface area contributed by atoms with Gasteiger partial charge in [0.25, 0.3) is 0 Å². The molecule has 104 valence electrons. The van der Waals surface area contributed by atoms with E-state index in [0.29, 0.717) is 12.1 Å². The van der Waals surface area contributed by atoms with Crippen LogP contribution in [0, 0.1) is 0 Å². The number of anilines is 2. The fourth-order valence-electron chi connectivity index (χ4n) is 2.13. The van der Waals surface area contributed by atoms with Crippen LogP contribution < -0.4 is 16.0 Å². The molecule has 0 aliphatic heterocycles. The van der Waals surface area contributed by atoms with Crippen LogP contribution in [0.15, 0.2) is 24.3 Å². The minimum absolute atomic E-state index is 0.209. The summed E-state index contributed by atoms with van der Waals surface area (Å²) < 4.78 is 5.53. The number of benzene rings is 1. The molecular formula is C14H21N3O2. The van der Waals surface area contributed by atoms with Gasteiger partial charge in [0.15, 0.2) is 0 Å². The second-order valence-corrected chi connectivity index (χ2v) is 4.67. The Balaban J connectivity index is 1.78. The van der Waals surface area contributed by atoms with Crippen molar-refractivity contribution >= 4 is 17.4 Å². The first kappa shape index (κ1) is 13.7. The van der Waals surface area contributed by atoms with E-state index in [1.54, 1.807) is 7.05 Å². The molecule has 0 radical (unpaired) electrons. The van der Waals surface area contributed by atoms with E-state index in [2.05, 4.69) is 16.0 Å². The van der Waals surface area contributed by atoms with Gasteiger partial charge in [-0.15, -0.1) is 0 Å². The van der Waals surface area contributed by atoms with Crippen LogP contribution in [-0.2, 0) is 4.74 Å². The van der Waals surface area contributed by atoms with Crippen LogP contribution in [0.25, 0.3) is 0 Å². The molecule has 0 unspecified atom stereocenters. The first-order valence-electron chi connectivity index (χ1n) is 6.68. The lowest BCUT2D eigenvalue weighted by atomic mass is 9.89. The Morgan fingerprint density at radius 3 is 2.47 bits per heavy atom. The molecule has 0 spiro atoms. The lowest BCUT2D eigenvalue weighted by molar-refractivity contribution is 0.00299. The Hall–Kier alpha value is -1.75. The third kappa shape index (κ3) is 3.86. The van der Waals surface area contributed by atoms with Gasteiger partial charge in [-0.1, -0.05) is 0 Å². The summed E-state index contributed by atoms with van der Waals surface area (Å²) in [7, 11) is 1.59. The van der Waals surface area contributed by atoms with Crippen molar-refractivity contribution in [1.82, 2.24) is 5.32 Å². The van der Waals surface area contributed by atoms with E-state index in [1.807, 2.05) is 31.2 Å². The van der Waals surface area contributed by atoms with E-state index >= 15 is 0 Å². The molecule has 0 heterocycles. The summed E-state index contributed by atoms with van der Waals surface area (Å²) in [5.41, 5.74) is 1.85. The highest BCUT2D eigenvalue weighted by molar-refractivity contribution is 5.89. The normalized spacial score (nSPS) is 21.4.